The van der Waals surface area contributed by atoms with E-state index >= 15 is 0 Å². The van der Waals surface area contributed by atoms with Crippen molar-refractivity contribution in [2.24, 2.45) is 5.92 Å². The highest BCUT2D eigenvalue weighted by atomic mass is 16.5. The first-order chi connectivity index (χ1) is 7.74. The van der Waals surface area contributed by atoms with E-state index in [0.29, 0.717) is 5.92 Å². The second-order valence-corrected chi connectivity index (χ2v) is 4.50. The topological polar surface area (TPSA) is 58.6 Å². The molecule has 4 heteroatoms. The normalized spacial score (nSPS) is 19.6. The lowest BCUT2D eigenvalue weighted by Crippen LogP contribution is -2.40. The minimum absolute atomic E-state index is 0.372. The lowest BCUT2D eigenvalue weighted by Gasteiger charge is -2.24. The molecular formula is C12H23NO3. The molecule has 0 aromatic carbocycles. The van der Waals surface area contributed by atoms with E-state index in [-0.39, 0.29) is 6.04 Å². The number of nitrogens with one attached hydrogen (secondary N) is 1. The fourth-order valence-electron chi connectivity index (χ4n) is 1.98. The standard InChI is InChI=1S/C12H23NO3/c1-2-3-4-11(12(14)15)13-9-10-5-7-16-8-6-10/h10-11,13H,2-9H2,1H3,(H,14,15). The first-order valence-corrected chi connectivity index (χ1v) is 6.28. The van der Waals surface area contributed by atoms with Gasteiger partial charge in [-0.25, -0.2) is 0 Å². The van der Waals surface area contributed by atoms with E-state index in [0.717, 1.165) is 51.9 Å². The molecule has 4 nitrogen and oxygen atoms in total. The number of carboxylic acids is 1. The van der Waals surface area contributed by atoms with Crippen LogP contribution in [0, 0.1) is 5.92 Å². The number of rotatable bonds is 7. The van der Waals surface area contributed by atoms with Crippen molar-refractivity contribution in [3.05, 3.63) is 0 Å². The number of carboxylic acid groups (broad SMARTS) is 1. The molecule has 0 aromatic heterocycles. The molecular weight excluding hydrogens is 206 g/mol. The maximum Gasteiger partial charge on any atom is 0.320 e. The van der Waals surface area contributed by atoms with Crippen molar-refractivity contribution < 1.29 is 14.6 Å². The number of hydrogen-bond donors (Lipinski definition) is 2. The third-order valence-corrected chi connectivity index (χ3v) is 3.14. The summed E-state index contributed by atoms with van der Waals surface area (Å²) in [6.45, 7) is 4.53. The highest BCUT2D eigenvalue weighted by Crippen LogP contribution is 2.14. The zero-order valence-corrected chi connectivity index (χ0v) is 10.1. The molecule has 2 N–H and O–H groups in total. The van der Waals surface area contributed by atoms with Gasteiger partial charge in [-0.15, -0.1) is 0 Å². The molecule has 0 amide bonds. The Bertz CT molecular complexity index is 202. The summed E-state index contributed by atoms with van der Waals surface area (Å²) in [6.07, 6.45) is 4.84. The molecule has 1 heterocycles. The highest BCUT2D eigenvalue weighted by molar-refractivity contribution is 5.73. The van der Waals surface area contributed by atoms with Crippen LogP contribution in [0.3, 0.4) is 0 Å². The SMILES string of the molecule is CCCCC(NCC1CCOCC1)C(=O)O. The summed E-state index contributed by atoms with van der Waals surface area (Å²) >= 11 is 0. The molecule has 1 saturated heterocycles. The molecule has 0 saturated carbocycles. The van der Waals surface area contributed by atoms with Gasteiger partial charge in [0, 0.05) is 13.2 Å². The fraction of sp³-hybridized carbons (Fsp3) is 0.917. The van der Waals surface area contributed by atoms with Crippen molar-refractivity contribution in [1.82, 2.24) is 5.32 Å². The maximum absolute atomic E-state index is 11.0. The number of aliphatic carboxylic acids is 1. The number of ether oxygens (including phenoxy) is 1. The fourth-order valence-corrected chi connectivity index (χ4v) is 1.98. The Hall–Kier alpha value is -0.610. The molecule has 0 bridgehead atoms. The van der Waals surface area contributed by atoms with Gasteiger partial charge < -0.3 is 15.2 Å². The van der Waals surface area contributed by atoms with E-state index in [1.807, 2.05) is 0 Å². The summed E-state index contributed by atoms with van der Waals surface area (Å²) in [7, 11) is 0. The molecule has 0 spiro atoms. The van der Waals surface area contributed by atoms with Crippen LogP contribution in [0.4, 0.5) is 0 Å². The van der Waals surface area contributed by atoms with Crippen LogP contribution in [-0.4, -0.2) is 36.9 Å². The first-order valence-electron chi connectivity index (χ1n) is 6.28. The molecule has 1 unspecified atom stereocenters. The van der Waals surface area contributed by atoms with Crippen LogP contribution in [0.1, 0.15) is 39.0 Å². The molecule has 0 aliphatic carbocycles. The van der Waals surface area contributed by atoms with Crippen LogP contribution in [0.5, 0.6) is 0 Å². The van der Waals surface area contributed by atoms with Crippen LogP contribution in [-0.2, 0) is 9.53 Å². The molecule has 1 fully saturated rings. The zero-order valence-electron chi connectivity index (χ0n) is 10.1. The van der Waals surface area contributed by atoms with Crippen molar-refractivity contribution in [3.8, 4) is 0 Å². The monoisotopic (exact) mass is 229 g/mol. The van der Waals surface area contributed by atoms with E-state index in [1.54, 1.807) is 0 Å². The average Bonchev–Trinajstić information content (AvgIpc) is 2.30. The van der Waals surface area contributed by atoms with Crippen LogP contribution in [0.15, 0.2) is 0 Å². The third kappa shape index (κ3) is 4.94. The zero-order chi connectivity index (χ0) is 11.8. The smallest absolute Gasteiger partial charge is 0.320 e. The van der Waals surface area contributed by atoms with Gasteiger partial charge in [-0.1, -0.05) is 19.8 Å². The maximum atomic E-state index is 11.0. The van der Waals surface area contributed by atoms with Gasteiger partial charge in [-0.3, -0.25) is 4.79 Å². The molecule has 0 radical (unpaired) electrons. The Morgan fingerprint density at radius 1 is 1.50 bits per heavy atom. The summed E-state index contributed by atoms with van der Waals surface area (Å²) < 4.78 is 5.27. The molecule has 1 aliphatic heterocycles. The van der Waals surface area contributed by atoms with Crippen LogP contribution in [0.2, 0.25) is 0 Å². The lowest BCUT2D eigenvalue weighted by molar-refractivity contribution is -0.139. The van der Waals surface area contributed by atoms with Crippen LogP contribution >= 0.6 is 0 Å². The number of carbonyl (C=O) groups is 1. The molecule has 1 aliphatic rings. The predicted molar refractivity (Wildman–Crippen MR) is 62.5 cm³/mol. The highest BCUT2D eigenvalue weighted by Gasteiger charge is 2.19. The number of hydrogen-bond acceptors (Lipinski definition) is 3. The molecule has 1 rings (SSSR count). The van der Waals surface area contributed by atoms with E-state index in [2.05, 4.69) is 12.2 Å². The van der Waals surface area contributed by atoms with Crippen LogP contribution in [0.25, 0.3) is 0 Å². The van der Waals surface area contributed by atoms with Crippen molar-refractivity contribution in [2.45, 2.75) is 45.1 Å². The Morgan fingerprint density at radius 2 is 2.19 bits per heavy atom. The van der Waals surface area contributed by atoms with Gasteiger partial charge in [0.05, 0.1) is 0 Å². The Morgan fingerprint density at radius 3 is 2.75 bits per heavy atom. The van der Waals surface area contributed by atoms with Gasteiger partial charge in [0.15, 0.2) is 0 Å². The Balaban J connectivity index is 2.22. The first kappa shape index (κ1) is 13.5. The van der Waals surface area contributed by atoms with Gasteiger partial charge in [0.2, 0.25) is 0 Å². The third-order valence-electron chi connectivity index (χ3n) is 3.14. The quantitative estimate of drug-likeness (QED) is 0.697. The van der Waals surface area contributed by atoms with E-state index in [9.17, 15) is 4.79 Å². The minimum atomic E-state index is -0.722. The second kappa shape index (κ2) is 7.63. The van der Waals surface area contributed by atoms with Gasteiger partial charge in [-0.05, 0) is 31.7 Å². The van der Waals surface area contributed by atoms with E-state index in [1.165, 1.54) is 0 Å². The average molecular weight is 229 g/mol. The summed E-state index contributed by atoms with van der Waals surface area (Å²) in [6, 6.07) is -0.372. The Labute approximate surface area is 97.4 Å². The van der Waals surface area contributed by atoms with Crippen molar-refractivity contribution >= 4 is 5.97 Å². The lowest BCUT2D eigenvalue weighted by atomic mass is 9.99. The summed E-state index contributed by atoms with van der Waals surface area (Å²) in [5.41, 5.74) is 0. The van der Waals surface area contributed by atoms with Gasteiger partial charge in [0.1, 0.15) is 6.04 Å². The van der Waals surface area contributed by atoms with Gasteiger partial charge >= 0.3 is 5.97 Å². The second-order valence-electron chi connectivity index (χ2n) is 4.50. The minimum Gasteiger partial charge on any atom is -0.480 e. The molecule has 1 atom stereocenters. The van der Waals surface area contributed by atoms with Crippen molar-refractivity contribution in [1.29, 1.82) is 0 Å². The van der Waals surface area contributed by atoms with Gasteiger partial charge in [-0.2, -0.15) is 0 Å². The van der Waals surface area contributed by atoms with E-state index in [4.69, 9.17) is 9.84 Å². The molecule has 16 heavy (non-hydrogen) atoms. The molecule has 94 valence electrons. The summed E-state index contributed by atoms with van der Waals surface area (Å²) in [5, 5.41) is 12.2. The van der Waals surface area contributed by atoms with E-state index < -0.39 is 5.97 Å². The largest absolute Gasteiger partial charge is 0.480 e. The summed E-state index contributed by atoms with van der Waals surface area (Å²) in [5.74, 6) is -0.141. The molecule has 0 aromatic rings. The Kier molecular flexibility index (Phi) is 6.42. The summed E-state index contributed by atoms with van der Waals surface area (Å²) in [4.78, 5) is 11.0. The van der Waals surface area contributed by atoms with Gasteiger partial charge in [0.25, 0.3) is 0 Å². The van der Waals surface area contributed by atoms with Crippen molar-refractivity contribution in [3.63, 3.8) is 0 Å². The number of unbranched alkanes of at least 4 members (excludes halogenated alkanes) is 1. The predicted octanol–water partition coefficient (Wildman–Crippen LogP) is 1.65. The van der Waals surface area contributed by atoms with Crippen LogP contribution < -0.4 is 5.32 Å². The van der Waals surface area contributed by atoms with Crippen molar-refractivity contribution in [2.75, 3.05) is 19.8 Å².